The summed E-state index contributed by atoms with van der Waals surface area (Å²) in [6.07, 6.45) is 3.32. The molecule has 1 aromatic heterocycles. The van der Waals surface area contributed by atoms with Crippen LogP contribution in [0.5, 0.6) is 0 Å². The predicted molar refractivity (Wildman–Crippen MR) is 65.6 cm³/mol. The molecular weight excluding hydrogens is 200 g/mol. The van der Waals surface area contributed by atoms with E-state index in [0.29, 0.717) is 12.5 Å². The molecule has 3 nitrogen and oxygen atoms in total. The van der Waals surface area contributed by atoms with Crippen LogP contribution < -0.4 is 10.9 Å². The van der Waals surface area contributed by atoms with E-state index < -0.39 is 0 Å². The summed E-state index contributed by atoms with van der Waals surface area (Å²) < 4.78 is 0. The predicted octanol–water partition coefficient (Wildman–Crippen LogP) is 1.61. The summed E-state index contributed by atoms with van der Waals surface area (Å²) >= 11 is 0. The van der Waals surface area contributed by atoms with Gasteiger partial charge in [0.1, 0.15) is 0 Å². The van der Waals surface area contributed by atoms with E-state index in [1.54, 1.807) is 0 Å². The lowest BCUT2D eigenvalue weighted by molar-refractivity contribution is 0.550. The normalized spacial score (nSPS) is 14.4. The van der Waals surface area contributed by atoms with Gasteiger partial charge in [-0.1, -0.05) is 13.8 Å². The van der Waals surface area contributed by atoms with Gasteiger partial charge in [0.15, 0.2) is 0 Å². The summed E-state index contributed by atoms with van der Waals surface area (Å²) in [6, 6.07) is 2.08. The molecule has 1 aliphatic rings. The summed E-state index contributed by atoms with van der Waals surface area (Å²) in [7, 11) is 0. The zero-order chi connectivity index (χ0) is 11.5. The molecule has 16 heavy (non-hydrogen) atoms. The van der Waals surface area contributed by atoms with Gasteiger partial charge in [-0.15, -0.1) is 0 Å². The van der Waals surface area contributed by atoms with Gasteiger partial charge in [0.25, 0.3) is 5.56 Å². The van der Waals surface area contributed by atoms with Crippen molar-refractivity contribution < 1.29 is 0 Å². The number of hydrogen-bond acceptors (Lipinski definition) is 2. The first-order valence-corrected chi connectivity index (χ1v) is 6.11. The molecule has 2 rings (SSSR count). The Kier molecular flexibility index (Phi) is 3.44. The molecule has 88 valence electrons. The Morgan fingerprint density at radius 2 is 2.25 bits per heavy atom. The maximum absolute atomic E-state index is 11.8. The van der Waals surface area contributed by atoms with Crippen LogP contribution in [0.1, 0.15) is 37.1 Å². The van der Waals surface area contributed by atoms with Gasteiger partial charge >= 0.3 is 0 Å². The number of aryl methyl sites for hydroxylation is 2. The maximum atomic E-state index is 11.8. The number of rotatable bonds is 4. The zero-order valence-corrected chi connectivity index (χ0v) is 10.1. The molecule has 0 aromatic carbocycles. The van der Waals surface area contributed by atoms with E-state index in [9.17, 15) is 4.79 Å². The largest absolute Gasteiger partial charge is 0.326 e. The minimum absolute atomic E-state index is 0.0805. The third-order valence-corrected chi connectivity index (χ3v) is 3.03. The number of aromatic amines is 1. The number of H-pyrrole nitrogens is 1. The van der Waals surface area contributed by atoms with Crippen LogP contribution in [0.25, 0.3) is 0 Å². The highest BCUT2D eigenvalue weighted by molar-refractivity contribution is 5.28. The summed E-state index contributed by atoms with van der Waals surface area (Å²) in [5, 5.41) is 3.31. The van der Waals surface area contributed by atoms with E-state index in [0.717, 1.165) is 30.6 Å². The minimum Gasteiger partial charge on any atom is -0.326 e. The van der Waals surface area contributed by atoms with Crippen molar-refractivity contribution >= 4 is 0 Å². The van der Waals surface area contributed by atoms with E-state index >= 15 is 0 Å². The SMILES string of the molecule is CC(C)CNCc1cc2c([nH]c1=O)CCC2. The Hall–Kier alpha value is -1.09. The van der Waals surface area contributed by atoms with Gasteiger partial charge < -0.3 is 10.3 Å². The molecule has 1 aliphatic carbocycles. The van der Waals surface area contributed by atoms with Crippen LogP contribution in [0, 0.1) is 5.92 Å². The molecular formula is C13H20N2O. The van der Waals surface area contributed by atoms with Crippen molar-refractivity contribution in [3.8, 4) is 0 Å². The molecule has 0 bridgehead atoms. The highest BCUT2D eigenvalue weighted by atomic mass is 16.1. The van der Waals surface area contributed by atoms with Gasteiger partial charge in [-0.3, -0.25) is 4.79 Å². The molecule has 2 N–H and O–H groups in total. The molecule has 0 spiro atoms. The van der Waals surface area contributed by atoms with Crippen molar-refractivity contribution in [2.75, 3.05) is 6.54 Å². The monoisotopic (exact) mass is 220 g/mol. The van der Waals surface area contributed by atoms with Gasteiger partial charge in [0, 0.05) is 17.8 Å². The molecule has 1 aromatic rings. The summed E-state index contributed by atoms with van der Waals surface area (Å²) in [6.45, 7) is 5.97. The smallest absolute Gasteiger partial charge is 0.252 e. The highest BCUT2D eigenvalue weighted by Crippen LogP contribution is 2.18. The molecule has 0 amide bonds. The average molecular weight is 220 g/mol. The lowest BCUT2D eigenvalue weighted by atomic mass is 10.1. The van der Waals surface area contributed by atoms with E-state index in [1.807, 2.05) is 0 Å². The molecule has 0 saturated carbocycles. The van der Waals surface area contributed by atoms with Crippen LogP contribution in [0.15, 0.2) is 10.9 Å². The molecule has 0 radical (unpaired) electrons. The van der Waals surface area contributed by atoms with E-state index in [2.05, 4.69) is 30.2 Å². The van der Waals surface area contributed by atoms with E-state index in [-0.39, 0.29) is 5.56 Å². The van der Waals surface area contributed by atoms with Crippen molar-refractivity contribution in [1.29, 1.82) is 0 Å². The van der Waals surface area contributed by atoms with Crippen LogP contribution >= 0.6 is 0 Å². The second-order valence-electron chi connectivity index (χ2n) is 5.01. The first-order valence-electron chi connectivity index (χ1n) is 6.11. The third kappa shape index (κ3) is 2.53. The Balaban J connectivity index is 2.07. The number of aromatic nitrogens is 1. The van der Waals surface area contributed by atoms with E-state index in [1.165, 1.54) is 12.0 Å². The fraction of sp³-hybridized carbons (Fsp3) is 0.615. The fourth-order valence-electron chi connectivity index (χ4n) is 2.19. The van der Waals surface area contributed by atoms with Crippen molar-refractivity contribution in [3.05, 3.63) is 33.2 Å². The second-order valence-corrected chi connectivity index (χ2v) is 5.01. The molecule has 0 fully saturated rings. The lowest BCUT2D eigenvalue weighted by Crippen LogP contribution is -2.24. The van der Waals surface area contributed by atoms with Crippen molar-refractivity contribution in [2.45, 2.75) is 39.7 Å². The quantitative estimate of drug-likeness (QED) is 0.809. The van der Waals surface area contributed by atoms with Gasteiger partial charge in [-0.05, 0) is 43.4 Å². The first kappa shape index (κ1) is 11.4. The van der Waals surface area contributed by atoms with Crippen molar-refractivity contribution in [2.24, 2.45) is 5.92 Å². The van der Waals surface area contributed by atoms with Crippen molar-refractivity contribution in [3.63, 3.8) is 0 Å². The fourth-order valence-corrected chi connectivity index (χ4v) is 2.19. The van der Waals surface area contributed by atoms with Crippen LogP contribution in [0.4, 0.5) is 0 Å². The highest BCUT2D eigenvalue weighted by Gasteiger charge is 2.13. The number of fused-ring (bicyclic) bond motifs is 1. The third-order valence-electron chi connectivity index (χ3n) is 3.03. The van der Waals surface area contributed by atoms with Gasteiger partial charge in [0.05, 0.1) is 0 Å². The summed E-state index contributed by atoms with van der Waals surface area (Å²) in [5.74, 6) is 0.619. The summed E-state index contributed by atoms with van der Waals surface area (Å²) in [5.41, 5.74) is 3.44. The molecule has 0 saturated heterocycles. The van der Waals surface area contributed by atoms with Gasteiger partial charge in [-0.25, -0.2) is 0 Å². The minimum atomic E-state index is 0.0805. The Morgan fingerprint density at radius 1 is 1.44 bits per heavy atom. The second kappa shape index (κ2) is 4.83. The number of hydrogen-bond donors (Lipinski definition) is 2. The van der Waals surface area contributed by atoms with E-state index in [4.69, 9.17) is 0 Å². The molecule has 1 heterocycles. The molecule has 0 atom stereocenters. The topological polar surface area (TPSA) is 44.9 Å². The van der Waals surface area contributed by atoms with Gasteiger partial charge in [0.2, 0.25) is 0 Å². The number of pyridine rings is 1. The first-order chi connectivity index (χ1) is 7.66. The lowest BCUT2D eigenvalue weighted by Gasteiger charge is -2.08. The maximum Gasteiger partial charge on any atom is 0.252 e. The standard InChI is InChI=1S/C13H20N2O/c1-9(2)7-14-8-11-6-10-4-3-5-12(10)15-13(11)16/h6,9,14H,3-5,7-8H2,1-2H3,(H,15,16). The van der Waals surface area contributed by atoms with Gasteiger partial charge in [-0.2, -0.15) is 0 Å². The number of nitrogens with one attached hydrogen (secondary N) is 2. The zero-order valence-electron chi connectivity index (χ0n) is 10.1. The summed E-state index contributed by atoms with van der Waals surface area (Å²) in [4.78, 5) is 14.8. The van der Waals surface area contributed by atoms with Crippen LogP contribution in [-0.4, -0.2) is 11.5 Å². The van der Waals surface area contributed by atoms with Crippen molar-refractivity contribution in [1.82, 2.24) is 10.3 Å². The molecule has 0 unspecified atom stereocenters. The Morgan fingerprint density at radius 3 is 3.00 bits per heavy atom. The van der Waals surface area contributed by atoms with Crippen LogP contribution in [0.2, 0.25) is 0 Å². The van der Waals surface area contributed by atoms with Crippen LogP contribution in [-0.2, 0) is 19.4 Å². The Bertz CT molecular complexity index is 420. The Labute approximate surface area is 96.3 Å². The van der Waals surface area contributed by atoms with Crippen LogP contribution in [0.3, 0.4) is 0 Å². The molecule has 0 aliphatic heterocycles. The molecule has 3 heteroatoms. The average Bonchev–Trinajstić information content (AvgIpc) is 2.64.